The average molecular weight is 302 g/mol. The SMILES string of the molecule is CC.CC.Cc1ccc(-c2ccc(C(=O)OCO)cc2)cc1. The van der Waals surface area contributed by atoms with Gasteiger partial charge < -0.3 is 9.84 Å². The summed E-state index contributed by atoms with van der Waals surface area (Å²) in [6.07, 6.45) is 0. The second-order valence-electron chi connectivity index (χ2n) is 4.00. The van der Waals surface area contributed by atoms with Gasteiger partial charge in [-0.15, -0.1) is 0 Å². The first-order chi connectivity index (χ1) is 10.7. The monoisotopic (exact) mass is 302 g/mol. The molecule has 0 radical (unpaired) electrons. The molecular weight excluding hydrogens is 276 g/mol. The van der Waals surface area contributed by atoms with Crippen molar-refractivity contribution in [2.75, 3.05) is 6.79 Å². The molecule has 0 aliphatic rings. The number of aliphatic hydroxyl groups is 1. The van der Waals surface area contributed by atoms with E-state index in [1.165, 1.54) is 5.56 Å². The van der Waals surface area contributed by atoms with E-state index >= 15 is 0 Å². The number of esters is 1. The molecule has 0 aliphatic heterocycles. The van der Waals surface area contributed by atoms with Crippen LogP contribution in [0.1, 0.15) is 43.6 Å². The highest BCUT2D eigenvalue weighted by Crippen LogP contribution is 2.20. The lowest BCUT2D eigenvalue weighted by Crippen LogP contribution is -2.05. The fourth-order valence-electron chi connectivity index (χ4n) is 1.69. The number of carbonyl (C=O) groups is 1. The molecule has 0 aliphatic carbocycles. The quantitative estimate of drug-likeness (QED) is 0.653. The van der Waals surface area contributed by atoms with Crippen LogP contribution in [0.25, 0.3) is 11.1 Å². The van der Waals surface area contributed by atoms with E-state index in [0.29, 0.717) is 5.56 Å². The Balaban J connectivity index is 0.00000102. The van der Waals surface area contributed by atoms with Crippen LogP contribution in [0, 0.1) is 6.92 Å². The molecule has 22 heavy (non-hydrogen) atoms. The smallest absolute Gasteiger partial charge is 0.340 e. The standard InChI is InChI=1S/C15H14O3.2C2H6/c1-11-2-4-12(5-3-11)13-6-8-14(9-7-13)15(17)18-10-16;2*1-2/h2-9,16H,10H2,1H3;2*1-2H3. The summed E-state index contributed by atoms with van der Waals surface area (Å²) in [6.45, 7) is 9.44. The highest BCUT2D eigenvalue weighted by Gasteiger charge is 2.06. The van der Waals surface area contributed by atoms with E-state index in [-0.39, 0.29) is 0 Å². The van der Waals surface area contributed by atoms with Crippen molar-refractivity contribution in [3.05, 3.63) is 59.7 Å². The molecule has 0 atom stereocenters. The number of aliphatic hydroxyl groups excluding tert-OH is 1. The molecular formula is C19H26O3. The topological polar surface area (TPSA) is 46.5 Å². The molecule has 2 aromatic rings. The number of aryl methyl sites for hydroxylation is 1. The van der Waals surface area contributed by atoms with Gasteiger partial charge in [0, 0.05) is 0 Å². The minimum atomic E-state index is -0.599. The number of rotatable bonds is 3. The molecule has 0 saturated heterocycles. The summed E-state index contributed by atoms with van der Waals surface area (Å²) in [5.74, 6) is -0.520. The fourth-order valence-corrected chi connectivity index (χ4v) is 1.69. The van der Waals surface area contributed by atoms with Gasteiger partial charge in [0.25, 0.3) is 0 Å². The number of hydrogen-bond donors (Lipinski definition) is 1. The van der Waals surface area contributed by atoms with Crippen LogP contribution in [0.2, 0.25) is 0 Å². The van der Waals surface area contributed by atoms with Gasteiger partial charge in [0.1, 0.15) is 0 Å². The number of hydrogen-bond acceptors (Lipinski definition) is 3. The Bertz CT molecular complexity index is 528. The highest BCUT2D eigenvalue weighted by atomic mass is 16.6. The average Bonchev–Trinajstić information content (AvgIpc) is 2.59. The van der Waals surface area contributed by atoms with E-state index in [2.05, 4.69) is 4.74 Å². The largest absolute Gasteiger partial charge is 0.435 e. The zero-order valence-corrected chi connectivity index (χ0v) is 14.1. The second-order valence-corrected chi connectivity index (χ2v) is 4.00. The predicted molar refractivity (Wildman–Crippen MR) is 91.8 cm³/mol. The maximum Gasteiger partial charge on any atom is 0.340 e. The maximum atomic E-state index is 11.4. The predicted octanol–water partition coefficient (Wildman–Crippen LogP) is 4.82. The van der Waals surface area contributed by atoms with Crippen molar-refractivity contribution in [2.45, 2.75) is 34.6 Å². The van der Waals surface area contributed by atoms with Crippen LogP contribution in [0.3, 0.4) is 0 Å². The van der Waals surface area contributed by atoms with Crippen LogP contribution in [0.5, 0.6) is 0 Å². The molecule has 3 heteroatoms. The van der Waals surface area contributed by atoms with Crippen molar-refractivity contribution in [3.8, 4) is 11.1 Å². The van der Waals surface area contributed by atoms with Crippen molar-refractivity contribution >= 4 is 5.97 Å². The van der Waals surface area contributed by atoms with Gasteiger partial charge in [-0.25, -0.2) is 4.79 Å². The molecule has 0 bridgehead atoms. The summed E-state index contributed by atoms with van der Waals surface area (Å²) in [7, 11) is 0. The maximum absolute atomic E-state index is 11.4. The van der Waals surface area contributed by atoms with Gasteiger partial charge in [-0.2, -0.15) is 0 Å². The number of benzene rings is 2. The van der Waals surface area contributed by atoms with Crippen molar-refractivity contribution < 1.29 is 14.6 Å². The lowest BCUT2D eigenvalue weighted by Gasteiger charge is -2.04. The third-order valence-electron chi connectivity index (χ3n) is 2.70. The Morgan fingerprint density at radius 2 is 1.27 bits per heavy atom. The first-order valence-electron chi connectivity index (χ1n) is 7.66. The normalized spacial score (nSPS) is 8.82. The van der Waals surface area contributed by atoms with Crippen LogP contribution < -0.4 is 0 Å². The summed E-state index contributed by atoms with van der Waals surface area (Å²) >= 11 is 0. The molecule has 0 aromatic heterocycles. The first kappa shape index (κ1) is 19.9. The van der Waals surface area contributed by atoms with Gasteiger partial charge >= 0.3 is 5.97 Å². The van der Waals surface area contributed by atoms with Crippen molar-refractivity contribution in [1.29, 1.82) is 0 Å². The third-order valence-corrected chi connectivity index (χ3v) is 2.70. The Labute approximate surface area is 133 Å². The minimum absolute atomic E-state index is 0.430. The van der Waals surface area contributed by atoms with Crippen LogP contribution >= 0.6 is 0 Å². The van der Waals surface area contributed by atoms with Crippen LogP contribution in [0.15, 0.2) is 48.5 Å². The zero-order chi connectivity index (χ0) is 17.0. The molecule has 120 valence electrons. The lowest BCUT2D eigenvalue weighted by atomic mass is 10.0. The zero-order valence-electron chi connectivity index (χ0n) is 14.1. The van der Waals surface area contributed by atoms with Crippen molar-refractivity contribution in [3.63, 3.8) is 0 Å². The summed E-state index contributed by atoms with van der Waals surface area (Å²) in [4.78, 5) is 11.4. The van der Waals surface area contributed by atoms with E-state index in [0.717, 1.165) is 11.1 Å². The number of ether oxygens (including phenoxy) is 1. The van der Waals surface area contributed by atoms with E-state index in [9.17, 15) is 4.79 Å². The van der Waals surface area contributed by atoms with Gasteiger partial charge in [0.15, 0.2) is 6.79 Å². The number of carbonyl (C=O) groups excluding carboxylic acids is 1. The Morgan fingerprint density at radius 1 is 0.864 bits per heavy atom. The van der Waals surface area contributed by atoms with Crippen LogP contribution in [-0.2, 0) is 4.74 Å². The van der Waals surface area contributed by atoms with Crippen LogP contribution in [0.4, 0.5) is 0 Å². The lowest BCUT2D eigenvalue weighted by molar-refractivity contribution is 0.00684. The molecule has 0 unspecified atom stereocenters. The molecule has 0 amide bonds. The van der Waals surface area contributed by atoms with Gasteiger partial charge in [0.2, 0.25) is 0 Å². The molecule has 0 fully saturated rings. The van der Waals surface area contributed by atoms with E-state index in [1.807, 2.05) is 71.0 Å². The third kappa shape index (κ3) is 6.10. The van der Waals surface area contributed by atoms with Crippen molar-refractivity contribution in [2.24, 2.45) is 0 Å². The second kappa shape index (κ2) is 11.5. The molecule has 2 aromatic carbocycles. The summed E-state index contributed by atoms with van der Waals surface area (Å²) < 4.78 is 4.51. The molecule has 2 rings (SSSR count). The summed E-state index contributed by atoms with van der Waals surface area (Å²) in [5, 5.41) is 8.51. The summed E-state index contributed by atoms with van der Waals surface area (Å²) in [5.41, 5.74) is 3.78. The molecule has 1 N–H and O–H groups in total. The van der Waals surface area contributed by atoms with Crippen LogP contribution in [-0.4, -0.2) is 17.9 Å². The van der Waals surface area contributed by atoms with Gasteiger partial charge in [-0.3, -0.25) is 0 Å². The Morgan fingerprint density at radius 3 is 1.68 bits per heavy atom. The summed E-state index contributed by atoms with van der Waals surface area (Å²) in [6, 6.07) is 15.3. The molecule has 0 saturated carbocycles. The van der Waals surface area contributed by atoms with E-state index in [1.54, 1.807) is 12.1 Å². The van der Waals surface area contributed by atoms with Gasteiger partial charge in [0.05, 0.1) is 5.56 Å². The van der Waals surface area contributed by atoms with Gasteiger partial charge in [-0.05, 0) is 30.2 Å². The molecule has 3 nitrogen and oxygen atoms in total. The minimum Gasteiger partial charge on any atom is -0.435 e. The highest BCUT2D eigenvalue weighted by molar-refractivity contribution is 5.90. The van der Waals surface area contributed by atoms with Crippen molar-refractivity contribution in [1.82, 2.24) is 0 Å². The molecule has 0 spiro atoms. The van der Waals surface area contributed by atoms with Gasteiger partial charge in [-0.1, -0.05) is 69.7 Å². The molecule has 0 heterocycles. The Kier molecular flexibility index (Phi) is 10.4. The Hall–Kier alpha value is -2.13. The first-order valence-corrected chi connectivity index (χ1v) is 7.66. The fraction of sp³-hybridized carbons (Fsp3) is 0.316. The van der Waals surface area contributed by atoms with E-state index < -0.39 is 12.8 Å². The van der Waals surface area contributed by atoms with E-state index in [4.69, 9.17) is 5.11 Å².